The summed E-state index contributed by atoms with van der Waals surface area (Å²) in [6.07, 6.45) is 0. The molecule has 2 aromatic carbocycles. The Morgan fingerprint density at radius 2 is 1.75 bits per heavy atom. The minimum atomic E-state index is -1.54. The van der Waals surface area contributed by atoms with Crippen molar-refractivity contribution in [3.8, 4) is 0 Å². The molecular weight excluding hydrogens is 431 g/mol. The van der Waals surface area contributed by atoms with Crippen LogP contribution in [0.4, 0.5) is 10.1 Å². The second-order valence-electron chi connectivity index (χ2n) is 7.79. The van der Waals surface area contributed by atoms with Gasteiger partial charge in [-0.3, -0.25) is 14.9 Å². The Morgan fingerprint density at radius 3 is 2.38 bits per heavy atom. The standard InChI is InChI=1S/C24H19FN2O4S/c1-31-23(30)24(14-6-3-2-4-7-14)19-18(20(26-24)17-8-5-13-32-17)21(28)27(22(19)29)16-11-9-15(25)10-12-16/h2-13,18-20,26H,1H3. The summed E-state index contributed by atoms with van der Waals surface area (Å²) in [5.41, 5.74) is -0.729. The molecule has 3 heterocycles. The molecule has 8 heteroatoms. The molecule has 2 aliphatic rings. The van der Waals surface area contributed by atoms with Crippen LogP contribution in [-0.4, -0.2) is 24.9 Å². The molecule has 162 valence electrons. The molecule has 4 atom stereocenters. The first-order valence-corrected chi connectivity index (χ1v) is 11.0. The van der Waals surface area contributed by atoms with Crippen molar-refractivity contribution in [2.24, 2.45) is 11.8 Å². The molecule has 3 aromatic rings. The third-order valence-corrected chi connectivity index (χ3v) is 7.19. The van der Waals surface area contributed by atoms with Crippen molar-refractivity contribution < 1.29 is 23.5 Å². The van der Waals surface area contributed by atoms with Crippen molar-refractivity contribution in [1.82, 2.24) is 5.32 Å². The molecule has 4 unspecified atom stereocenters. The average Bonchev–Trinajstić information content (AvgIpc) is 3.52. The van der Waals surface area contributed by atoms with E-state index in [2.05, 4.69) is 5.32 Å². The van der Waals surface area contributed by atoms with Crippen LogP contribution in [0.2, 0.25) is 0 Å². The first-order valence-electron chi connectivity index (χ1n) is 10.1. The van der Waals surface area contributed by atoms with E-state index in [1.807, 2.05) is 23.6 Å². The van der Waals surface area contributed by atoms with Crippen LogP contribution in [0.3, 0.4) is 0 Å². The molecular formula is C24H19FN2O4S. The highest BCUT2D eigenvalue weighted by Gasteiger charge is 2.69. The van der Waals surface area contributed by atoms with Gasteiger partial charge in [0.2, 0.25) is 11.8 Å². The Kier molecular flexibility index (Phi) is 4.91. The molecule has 2 fully saturated rings. The van der Waals surface area contributed by atoms with Crippen LogP contribution in [0, 0.1) is 17.7 Å². The largest absolute Gasteiger partial charge is 0.467 e. The van der Waals surface area contributed by atoms with Gasteiger partial charge in [0, 0.05) is 4.88 Å². The number of thiophene rings is 1. The average molecular weight is 450 g/mol. The molecule has 1 aromatic heterocycles. The maximum Gasteiger partial charge on any atom is 0.331 e. The predicted molar refractivity (Wildman–Crippen MR) is 116 cm³/mol. The lowest BCUT2D eigenvalue weighted by atomic mass is 9.75. The third-order valence-electron chi connectivity index (χ3n) is 6.23. The van der Waals surface area contributed by atoms with Gasteiger partial charge in [-0.2, -0.15) is 0 Å². The van der Waals surface area contributed by atoms with Gasteiger partial charge in [-0.1, -0.05) is 36.4 Å². The quantitative estimate of drug-likeness (QED) is 0.487. The summed E-state index contributed by atoms with van der Waals surface area (Å²) in [6.45, 7) is 0. The second kappa shape index (κ2) is 7.65. The molecule has 0 saturated carbocycles. The van der Waals surface area contributed by atoms with E-state index in [4.69, 9.17) is 4.74 Å². The van der Waals surface area contributed by atoms with Crippen LogP contribution in [0.25, 0.3) is 0 Å². The maximum atomic E-state index is 13.8. The summed E-state index contributed by atoms with van der Waals surface area (Å²) in [6, 6.07) is 17.2. The molecule has 32 heavy (non-hydrogen) atoms. The number of carbonyl (C=O) groups is 3. The van der Waals surface area contributed by atoms with Crippen molar-refractivity contribution >= 4 is 34.8 Å². The molecule has 2 amide bonds. The number of ether oxygens (including phenoxy) is 1. The molecule has 5 rings (SSSR count). The zero-order valence-electron chi connectivity index (χ0n) is 17.0. The summed E-state index contributed by atoms with van der Waals surface area (Å²) in [5.74, 6) is -3.92. The smallest absolute Gasteiger partial charge is 0.331 e. The Labute approximate surface area is 187 Å². The molecule has 0 radical (unpaired) electrons. The molecule has 2 saturated heterocycles. The normalized spacial score (nSPS) is 26.9. The van der Waals surface area contributed by atoms with Crippen LogP contribution >= 0.6 is 11.3 Å². The fourth-order valence-electron chi connectivity index (χ4n) is 4.90. The molecule has 2 aliphatic heterocycles. The topological polar surface area (TPSA) is 75.7 Å². The number of fused-ring (bicyclic) bond motifs is 1. The van der Waals surface area contributed by atoms with Crippen molar-refractivity contribution in [1.29, 1.82) is 0 Å². The lowest BCUT2D eigenvalue weighted by Gasteiger charge is -2.32. The number of nitrogens with zero attached hydrogens (tertiary/aromatic N) is 1. The minimum Gasteiger partial charge on any atom is -0.467 e. The number of nitrogens with one attached hydrogen (secondary N) is 1. The van der Waals surface area contributed by atoms with Crippen LogP contribution in [0.15, 0.2) is 72.1 Å². The van der Waals surface area contributed by atoms with Gasteiger partial charge in [-0.05, 0) is 41.3 Å². The summed E-state index contributed by atoms with van der Waals surface area (Å²) < 4.78 is 18.7. The van der Waals surface area contributed by atoms with E-state index in [9.17, 15) is 18.8 Å². The van der Waals surface area contributed by atoms with Crippen molar-refractivity contribution in [2.75, 3.05) is 12.0 Å². The highest BCUT2D eigenvalue weighted by atomic mass is 32.1. The van der Waals surface area contributed by atoms with Crippen LogP contribution in [0.5, 0.6) is 0 Å². The van der Waals surface area contributed by atoms with Crippen LogP contribution in [-0.2, 0) is 24.7 Å². The van der Waals surface area contributed by atoms with E-state index < -0.39 is 47.0 Å². The number of hydrogen-bond donors (Lipinski definition) is 1. The summed E-state index contributed by atoms with van der Waals surface area (Å²) >= 11 is 1.44. The number of amides is 2. The molecule has 1 N–H and O–H groups in total. The van der Waals surface area contributed by atoms with Gasteiger partial charge in [0.15, 0.2) is 5.54 Å². The minimum absolute atomic E-state index is 0.271. The maximum absolute atomic E-state index is 13.8. The number of benzene rings is 2. The van der Waals surface area contributed by atoms with Gasteiger partial charge < -0.3 is 4.74 Å². The van der Waals surface area contributed by atoms with Crippen LogP contribution in [0.1, 0.15) is 16.5 Å². The van der Waals surface area contributed by atoms with E-state index in [0.717, 1.165) is 9.78 Å². The fourth-order valence-corrected chi connectivity index (χ4v) is 5.72. The molecule has 0 bridgehead atoms. The Bertz CT molecular complexity index is 1180. The Morgan fingerprint density at radius 1 is 1.03 bits per heavy atom. The van der Waals surface area contributed by atoms with E-state index in [1.165, 1.54) is 42.7 Å². The lowest BCUT2D eigenvalue weighted by molar-refractivity contribution is -0.152. The fraction of sp³-hybridized carbons (Fsp3) is 0.208. The van der Waals surface area contributed by atoms with Crippen molar-refractivity contribution in [3.63, 3.8) is 0 Å². The number of anilines is 1. The number of imide groups is 1. The second-order valence-corrected chi connectivity index (χ2v) is 8.77. The first kappa shape index (κ1) is 20.5. The number of carbonyl (C=O) groups excluding carboxylic acids is 3. The highest BCUT2D eigenvalue weighted by Crippen LogP contribution is 2.54. The highest BCUT2D eigenvalue weighted by molar-refractivity contribution is 7.10. The summed E-state index contributed by atoms with van der Waals surface area (Å²) in [7, 11) is 1.27. The number of halogens is 1. The van der Waals surface area contributed by atoms with E-state index in [1.54, 1.807) is 24.3 Å². The predicted octanol–water partition coefficient (Wildman–Crippen LogP) is 3.41. The number of esters is 1. The van der Waals surface area contributed by atoms with Gasteiger partial charge in [0.05, 0.1) is 30.7 Å². The van der Waals surface area contributed by atoms with Crippen molar-refractivity contribution in [2.45, 2.75) is 11.6 Å². The number of hydrogen-bond acceptors (Lipinski definition) is 6. The first-order chi connectivity index (χ1) is 15.5. The zero-order valence-corrected chi connectivity index (χ0v) is 17.8. The SMILES string of the molecule is COC(=O)C1(c2ccccc2)NC(c2cccs2)C2C(=O)N(c3ccc(F)cc3)C(=O)C21. The monoisotopic (exact) mass is 450 g/mol. The molecule has 6 nitrogen and oxygen atoms in total. The van der Waals surface area contributed by atoms with E-state index >= 15 is 0 Å². The van der Waals surface area contributed by atoms with Gasteiger partial charge in [-0.25, -0.2) is 14.1 Å². The lowest BCUT2D eigenvalue weighted by Crippen LogP contribution is -2.53. The Balaban J connectivity index is 1.71. The zero-order chi connectivity index (χ0) is 22.5. The van der Waals surface area contributed by atoms with Gasteiger partial charge in [0.25, 0.3) is 0 Å². The third kappa shape index (κ3) is 2.83. The van der Waals surface area contributed by atoms with Crippen molar-refractivity contribution in [3.05, 3.63) is 88.4 Å². The van der Waals surface area contributed by atoms with E-state index in [0.29, 0.717) is 5.56 Å². The van der Waals surface area contributed by atoms with Gasteiger partial charge in [0.1, 0.15) is 5.82 Å². The van der Waals surface area contributed by atoms with E-state index in [-0.39, 0.29) is 5.69 Å². The van der Waals surface area contributed by atoms with Gasteiger partial charge >= 0.3 is 5.97 Å². The molecule has 0 spiro atoms. The molecule has 0 aliphatic carbocycles. The Hall–Kier alpha value is -3.36. The number of methoxy groups -OCH3 is 1. The van der Waals surface area contributed by atoms with Crippen LogP contribution < -0.4 is 10.2 Å². The summed E-state index contributed by atoms with van der Waals surface area (Å²) in [4.78, 5) is 42.6. The van der Waals surface area contributed by atoms with Gasteiger partial charge in [-0.15, -0.1) is 11.3 Å². The summed E-state index contributed by atoms with van der Waals surface area (Å²) in [5, 5.41) is 5.21. The number of rotatable bonds is 4.